The summed E-state index contributed by atoms with van der Waals surface area (Å²) >= 11 is 1.61. The first-order valence-electron chi connectivity index (χ1n) is 2.23. The number of nitrogens with one attached hydrogen (secondary N) is 1. The molecule has 1 heterocycles. The zero-order chi connectivity index (χ0) is 5.28. The lowest BCUT2D eigenvalue weighted by Crippen LogP contribution is -2.16. The molecule has 4 heteroatoms. The van der Waals surface area contributed by atoms with Crippen molar-refractivity contribution in [3.05, 3.63) is 0 Å². The summed E-state index contributed by atoms with van der Waals surface area (Å²) in [7, 11) is 1.95. The number of thioether (sulfide) groups is 1. The molecule has 0 saturated carbocycles. The Hall–Kier alpha value is 0.300. The van der Waals surface area contributed by atoms with Crippen LogP contribution >= 0.6 is 28.7 Å². The predicted octanol–water partition coefficient (Wildman–Crippen LogP) is 1.18. The molecule has 2 nitrogen and oxygen atoms in total. The maximum absolute atomic E-state index is 7.14. The fourth-order valence-electron chi connectivity index (χ4n) is 0.491. The second-order valence-electron chi connectivity index (χ2n) is 1.58. The number of hydrogen-bond acceptors (Lipinski definition) is 2. The third-order valence-electron chi connectivity index (χ3n) is 1.01. The topological polar surface area (TPSA) is 27.1 Å². The van der Waals surface area contributed by atoms with Gasteiger partial charge in [-0.3, -0.25) is 5.41 Å². The molecule has 8 heavy (non-hydrogen) atoms. The van der Waals surface area contributed by atoms with Gasteiger partial charge in [0.25, 0.3) is 0 Å². The van der Waals surface area contributed by atoms with Gasteiger partial charge in [0.15, 0.2) is 5.17 Å². The van der Waals surface area contributed by atoms with Gasteiger partial charge >= 0.3 is 0 Å². The van der Waals surface area contributed by atoms with Crippen molar-refractivity contribution in [1.29, 1.82) is 5.41 Å². The third-order valence-corrected chi connectivity index (χ3v) is 1.98. The summed E-state index contributed by atoms with van der Waals surface area (Å²) in [5.41, 5.74) is 0. The van der Waals surface area contributed by atoms with Gasteiger partial charge in [-0.25, -0.2) is 0 Å². The predicted molar refractivity (Wildman–Crippen MR) is 43.1 cm³/mol. The van der Waals surface area contributed by atoms with Crippen LogP contribution in [-0.4, -0.2) is 29.4 Å². The fourth-order valence-corrected chi connectivity index (χ4v) is 1.36. The SMILES string of the molecule is Br.CN1CCSC1=N. The van der Waals surface area contributed by atoms with Crippen molar-refractivity contribution in [3.63, 3.8) is 0 Å². The normalized spacial score (nSPS) is 18.6. The van der Waals surface area contributed by atoms with Gasteiger partial charge in [-0.1, -0.05) is 11.8 Å². The van der Waals surface area contributed by atoms with E-state index >= 15 is 0 Å². The highest BCUT2D eigenvalue weighted by molar-refractivity contribution is 8.93. The molecule has 1 N–H and O–H groups in total. The minimum atomic E-state index is 0. The number of halogens is 1. The molecule has 1 rings (SSSR count). The summed E-state index contributed by atoms with van der Waals surface area (Å²) in [4.78, 5) is 1.95. The van der Waals surface area contributed by atoms with E-state index in [1.807, 2.05) is 11.9 Å². The molecule has 0 spiro atoms. The molecule has 48 valence electrons. The molecule has 0 bridgehead atoms. The summed E-state index contributed by atoms with van der Waals surface area (Å²) in [6.45, 7) is 1.05. The van der Waals surface area contributed by atoms with Crippen LogP contribution in [0.3, 0.4) is 0 Å². The quantitative estimate of drug-likeness (QED) is 0.631. The van der Waals surface area contributed by atoms with Crippen molar-refractivity contribution < 1.29 is 0 Å². The number of nitrogens with zero attached hydrogens (tertiary/aromatic N) is 1. The Morgan fingerprint density at radius 1 is 1.75 bits per heavy atom. The highest BCUT2D eigenvalue weighted by Gasteiger charge is 2.11. The molecule has 0 aromatic carbocycles. The first-order chi connectivity index (χ1) is 3.30. The van der Waals surface area contributed by atoms with E-state index in [4.69, 9.17) is 5.41 Å². The number of amidine groups is 1. The summed E-state index contributed by atoms with van der Waals surface area (Å²) < 4.78 is 0. The van der Waals surface area contributed by atoms with Crippen LogP contribution in [0.2, 0.25) is 0 Å². The molecule has 0 aromatic heterocycles. The van der Waals surface area contributed by atoms with Gasteiger partial charge in [-0.2, -0.15) is 0 Å². The van der Waals surface area contributed by atoms with E-state index in [-0.39, 0.29) is 17.0 Å². The lowest BCUT2D eigenvalue weighted by atomic mass is 10.7. The van der Waals surface area contributed by atoms with E-state index in [0.29, 0.717) is 5.17 Å². The Morgan fingerprint density at radius 3 is 2.50 bits per heavy atom. The Balaban J connectivity index is 0.000000490. The minimum Gasteiger partial charge on any atom is -0.354 e. The molecule has 0 aromatic rings. The molecular formula is C4H9BrN2S. The third kappa shape index (κ3) is 1.67. The van der Waals surface area contributed by atoms with E-state index in [0.717, 1.165) is 12.3 Å². The summed E-state index contributed by atoms with van der Waals surface area (Å²) in [5, 5.41) is 7.85. The Kier molecular flexibility index (Phi) is 3.48. The van der Waals surface area contributed by atoms with Crippen molar-refractivity contribution in [2.75, 3.05) is 19.3 Å². The number of hydrogen-bond donors (Lipinski definition) is 1. The van der Waals surface area contributed by atoms with Crippen molar-refractivity contribution in [2.24, 2.45) is 0 Å². The van der Waals surface area contributed by atoms with E-state index in [2.05, 4.69) is 0 Å². The first-order valence-corrected chi connectivity index (χ1v) is 3.22. The maximum atomic E-state index is 7.14. The van der Waals surface area contributed by atoms with Crippen LogP contribution in [0.4, 0.5) is 0 Å². The lowest BCUT2D eigenvalue weighted by Gasteiger charge is -2.05. The largest absolute Gasteiger partial charge is 0.354 e. The summed E-state index contributed by atoms with van der Waals surface area (Å²) in [5.74, 6) is 1.09. The van der Waals surface area contributed by atoms with Gasteiger partial charge in [0.1, 0.15) is 0 Å². The van der Waals surface area contributed by atoms with E-state index in [9.17, 15) is 0 Å². The van der Waals surface area contributed by atoms with Crippen molar-refractivity contribution >= 4 is 33.9 Å². The van der Waals surface area contributed by atoms with Crippen molar-refractivity contribution in [2.45, 2.75) is 0 Å². The average Bonchev–Trinajstić information content (AvgIpc) is 1.91. The zero-order valence-electron chi connectivity index (χ0n) is 4.68. The number of rotatable bonds is 0. The molecule has 0 radical (unpaired) electrons. The van der Waals surface area contributed by atoms with Crippen LogP contribution in [0.1, 0.15) is 0 Å². The Bertz CT molecular complexity index is 96.0. The molecule has 1 aliphatic heterocycles. The monoisotopic (exact) mass is 196 g/mol. The molecule has 1 saturated heterocycles. The van der Waals surface area contributed by atoms with Gasteiger partial charge in [0, 0.05) is 19.3 Å². The Morgan fingerprint density at radius 2 is 2.38 bits per heavy atom. The van der Waals surface area contributed by atoms with Gasteiger partial charge in [0.2, 0.25) is 0 Å². The molecule has 1 aliphatic rings. The van der Waals surface area contributed by atoms with Crippen molar-refractivity contribution in [3.8, 4) is 0 Å². The highest BCUT2D eigenvalue weighted by atomic mass is 79.9. The fraction of sp³-hybridized carbons (Fsp3) is 0.750. The van der Waals surface area contributed by atoms with Crippen LogP contribution in [0, 0.1) is 5.41 Å². The van der Waals surface area contributed by atoms with Crippen LogP contribution < -0.4 is 0 Å². The van der Waals surface area contributed by atoms with Gasteiger partial charge < -0.3 is 4.90 Å². The van der Waals surface area contributed by atoms with E-state index < -0.39 is 0 Å². The molecule has 0 aliphatic carbocycles. The summed E-state index contributed by atoms with van der Waals surface area (Å²) in [6.07, 6.45) is 0. The van der Waals surface area contributed by atoms with Gasteiger partial charge in [0.05, 0.1) is 0 Å². The standard InChI is InChI=1S/C4H8N2S.BrH/c1-6-2-3-7-4(6)5;/h5H,2-3H2,1H3;1H. The van der Waals surface area contributed by atoms with E-state index in [1.165, 1.54) is 0 Å². The average molecular weight is 197 g/mol. The van der Waals surface area contributed by atoms with Crippen LogP contribution in [0.5, 0.6) is 0 Å². The zero-order valence-corrected chi connectivity index (χ0v) is 7.21. The van der Waals surface area contributed by atoms with Crippen LogP contribution in [0.15, 0.2) is 0 Å². The molecular weight excluding hydrogens is 188 g/mol. The molecule has 0 unspecified atom stereocenters. The smallest absolute Gasteiger partial charge is 0.156 e. The lowest BCUT2D eigenvalue weighted by molar-refractivity contribution is 0.560. The highest BCUT2D eigenvalue weighted by Crippen LogP contribution is 2.12. The molecule has 0 atom stereocenters. The van der Waals surface area contributed by atoms with Gasteiger partial charge in [-0.15, -0.1) is 17.0 Å². The second kappa shape index (κ2) is 3.35. The first kappa shape index (κ1) is 8.30. The van der Waals surface area contributed by atoms with Crippen molar-refractivity contribution in [1.82, 2.24) is 4.90 Å². The van der Waals surface area contributed by atoms with Crippen LogP contribution in [0.25, 0.3) is 0 Å². The van der Waals surface area contributed by atoms with E-state index in [1.54, 1.807) is 11.8 Å². The molecule has 0 amide bonds. The van der Waals surface area contributed by atoms with Crippen LogP contribution in [-0.2, 0) is 0 Å². The maximum Gasteiger partial charge on any atom is 0.156 e. The second-order valence-corrected chi connectivity index (χ2v) is 2.66. The summed E-state index contributed by atoms with van der Waals surface area (Å²) in [6, 6.07) is 0. The molecule has 1 fully saturated rings. The van der Waals surface area contributed by atoms with Gasteiger partial charge in [-0.05, 0) is 0 Å². The Labute approximate surface area is 63.9 Å². The minimum absolute atomic E-state index is 0.